The Bertz CT molecular complexity index is 1020. The smallest absolute Gasteiger partial charge is 0.194 e. The first-order valence-electron chi connectivity index (χ1n) is 11.1. The van der Waals surface area contributed by atoms with Gasteiger partial charge in [-0.2, -0.15) is 5.10 Å². The maximum Gasteiger partial charge on any atom is 0.194 e. The summed E-state index contributed by atoms with van der Waals surface area (Å²) < 4.78 is 7.37. The van der Waals surface area contributed by atoms with E-state index in [-0.39, 0.29) is 24.0 Å². The number of anilines is 1. The molecule has 0 saturated carbocycles. The maximum atomic E-state index is 5.54. The molecule has 4 rings (SSSR count). The largest absolute Gasteiger partial charge is 0.495 e. The van der Waals surface area contributed by atoms with Crippen molar-refractivity contribution >= 4 is 35.6 Å². The number of para-hydroxylation sites is 2. The third-order valence-electron chi connectivity index (χ3n) is 5.55. The SMILES string of the molecule is CCNC(=NCc1cccc(Cn2cncn2)c1)N1CCN(c2ccccc2OC)CC1.I. The lowest BCUT2D eigenvalue weighted by Crippen LogP contribution is -2.52. The zero-order chi connectivity index (χ0) is 22.2. The van der Waals surface area contributed by atoms with Gasteiger partial charge in [-0.25, -0.2) is 14.7 Å². The van der Waals surface area contributed by atoms with Gasteiger partial charge in [0.25, 0.3) is 0 Å². The lowest BCUT2D eigenvalue weighted by molar-refractivity contribution is 0.367. The summed E-state index contributed by atoms with van der Waals surface area (Å²) in [6, 6.07) is 16.7. The molecule has 1 fully saturated rings. The van der Waals surface area contributed by atoms with Gasteiger partial charge in [-0.15, -0.1) is 24.0 Å². The molecule has 8 nitrogen and oxygen atoms in total. The lowest BCUT2D eigenvalue weighted by Gasteiger charge is -2.38. The van der Waals surface area contributed by atoms with Crippen LogP contribution in [-0.2, 0) is 13.1 Å². The number of halogens is 1. The second-order valence-corrected chi connectivity index (χ2v) is 7.73. The third kappa shape index (κ3) is 6.59. The first-order valence-corrected chi connectivity index (χ1v) is 11.1. The molecular formula is C24H32IN7O. The molecule has 176 valence electrons. The molecule has 9 heteroatoms. The number of nitrogens with zero attached hydrogens (tertiary/aromatic N) is 6. The molecule has 1 aliphatic rings. The number of ether oxygens (including phenoxy) is 1. The molecule has 0 aliphatic carbocycles. The Morgan fingerprint density at radius 1 is 1.06 bits per heavy atom. The van der Waals surface area contributed by atoms with E-state index in [4.69, 9.17) is 9.73 Å². The van der Waals surface area contributed by atoms with Gasteiger partial charge in [-0.1, -0.05) is 36.4 Å². The normalized spacial score (nSPS) is 14.1. The molecule has 0 spiro atoms. The molecule has 2 aromatic carbocycles. The first-order chi connectivity index (χ1) is 15.8. The molecule has 0 radical (unpaired) electrons. The van der Waals surface area contributed by atoms with Crippen molar-refractivity contribution in [1.82, 2.24) is 25.0 Å². The molecule has 33 heavy (non-hydrogen) atoms. The standard InChI is InChI=1S/C24H31N7O.HI/c1-3-26-24(27-16-20-7-6-8-21(15-20)17-31-19-25-18-28-31)30-13-11-29(12-14-30)22-9-4-5-10-23(22)32-2;/h4-10,15,18-19H,3,11-14,16-17H2,1-2H3,(H,26,27);1H. The van der Waals surface area contributed by atoms with Crippen LogP contribution in [0, 0.1) is 0 Å². The first kappa shape index (κ1) is 24.8. The molecule has 3 aromatic rings. The Morgan fingerprint density at radius 2 is 1.85 bits per heavy atom. The van der Waals surface area contributed by atoms with Crippen molar-refractivity contribution in [3.63, 3.8) is 0 Å². The quantitative estimate of drug-likeness (QED) is 0.272. The highest BCUT2D eigenvalue weighted by atomic mass is 127. The lowest BCUT2D eigenvalue weighted by atomic mass is 10.1. The van der Waals surface area contributed by atoms with E-state index in [0.717, 1.165) is 50.1 Å². The van der Waals surface area contributed by atoms with Crippen LogP contribution >= 0.6 is 24.0 Å². The van der Waals surface area contributed by atoms with Crippen molar-refractivity contribution in [3.05, 3.63) is 72.3 Å². The van der Waals surface area contributed by atoms with E-state index in [0.29, 0.717) is 13.1 Å². The summed E-state index contributed by atoms with van der Waals surface area (Å²) in [6.07, 6.45) is 3.29. The minimum Gasteiger partial charge on any atom is -0.495 e. The molecule has 1 saturated heterocycles. The fraction of sp³-hybridized carbons (Fsp3) is 0.375. The number of piperazine rings is 1. The number of guanidine groups is 1. The van der Waals surface area contributed by atoms with Crippen molar-refractivity contribution in [2.24, 2.45) is 4.99 Å². The van der Waals surface area contributed by atoms with Gasteiger partial charge in [0.1, 0.15) is 18.4 Å². The number of methoxy groups -OCH3 is 1. The summed E-state index contributed by atoms with van der Waals surface area (Å²) in [5, 5.41) is 7.65. The van der Waals surface area contributed by atoms with Crippen molar-refractivity contribution in [2.75, 3.05) is 44.7 Å². The van der Waals surface area contributed by atoms with Crippen molar-refractivity contribution in [1.29, 1.82) is 0 Å². The maximum absolute atomic E-state index is 5.54. The van der Waals surface area contributed by atoms with E-state index in [1.165, 1.54) is 11.1 Å². The van der Waals surface area contributed by atoms with E-state index in [1.54, 1.807) is 19.8 Å². The summed E-state index contributed by atoms with van der Waals surface area (Å²) in [5.74, 6) is 1.89. The van der Waals surface area contributed by atoms with Crippen molar-refractivity contribution < 1.29 is 4.74 Å². The number of nitrogens with one attached hydrogen (secondary N) is 1. The highest BCUT2D eigenvalue weighted by molar-refractivity contribution is 14.0. The molecule has 0 atom stereocenters. The monoisotopic (exact) mass is 561 g/mol. The number of aromatic nitrogens is 3. The van der Waals surface area contributed by atoms with Crippen LogP contribution in [-0.4, -0.2) is 65.5 Å². The highest BCUT2D eigenvalue weighted by Crippen LogP contribution is 2.28. The predicted octanol–water partition coefficient (Wildman–Crippen LogP) is 3.24. The second kappa shape index (κ2) is 12.4. The Balaban J connectivity index is 0.00000306. The Morgan fingerprint density at radius 3 is 2.58 bits per heavy atom. The summed E-state index contributed by atoms with van der Waals surface area (Å²) in [5.41, 5.74) is 3.53. The number of hydrogen-bond acceptors (Lipinski definition) is 5. The van der Waals surface area contributed by atoms with E-state index >= 15 is 0 Å². The minimum absolute atomic E-state index is 0. The van der Waals surface area contributed by atoms with Gasteiger partial charge in [-0.05, 0) is 30.2 Å². The van der Waals surface area contributed by atoms with Crippen LogP contribution < -0.4 is 15.0 Å². The average molecular weight is 561 g/mol. The van der Waals surface area contributed by atoms with E-state index < -0.39 is 0 Å². The van der Waals surface area contributed by atoms with E-state index in [2.05, 4.69) is 68.5 Å². The molecule has 2 heterocycles. The van der Waals surface area contributed by atoms with Crippen LogP contribution in [0.5, 0.6) is 5.75 Å². The van der Waals surface area contributed by atoms with Gasteiger partial charge in [0.2, 0.25) is 0 Å². The third-order valence-corrected chi connectivity index (χ3v) is 5.55. The van der Waals surface area contributed by atoms with Crippen LogP contribution in [0.15, 0.2) is 66.2 Å². The number of benzene rings is 2. The summed E-state index contributed by atoms with van der Waals surface area (Å²) >= 11 is 0. The zero-order valence-corrected chi connectivity index (χ0v) is 21.6. The Kier molecular flexibility index (Phi) is 9.35. The Hall–Kier alpha value is -2.82. The van der Waals surface area contributed by atoms with Crippen LogP contribution in [0.4, 0.5) is 5.69 Å². The predicted molar refractivity (Wildman–Crippen MR) is 143 cm³/mol. The van der Waals surface area contributed by atoms with Gasteiger partial charge in [-0.3, -0.25) is 0 Å². The summed E-state index contributed by atoms with van der Waals surface area (Å²) in [7, 11) is 1.73. The van der Waals surface area contributed by atoms with Gasteiger partial charge in [0, 0.05) is 32.7 Å². The highest BCUT2D eigenvalue weighted by Gasteiger charge is 2.21. The number of hydrogen-bond donors (Lipinski definition) is 1. The van der Waals surface area contributed by atoms with Gasteiger partial charge in [0.05, 0.1) is 25.9 Å². The summed E-state index contributed by atoms with van der Waals surface area (Å²) in [4.78, 5) is 13.7. The van der Waals surface area contributed by atoms with Crippen LogP contribution in [0.1, 0.15) is 18.1 Å². The molecule has 0 bridgehead atoms. The molecule has 0 unspecified atom stereocenters. The number of aliphatic imine (C=N–C) groups is 1. The molecule has 0 amide bonds. The second-order valence-electron chi connectivity index (χ2n) is 7.73. The minimum atomic E-state index is 0. The molecule has 1 N–H and O–H groups in total. The fourth-order valence-corrected chi connectivity index (χ4v) is 3.97. The zero-order valence-electron chi connectivity index (χ0n) is 19.2. The Labute approximate surface area is 212 Å². The van der Waals surface area contributed by atoms with E-state index in [1.807, 2.05) is 16.8 Å². The van der Waals surface area contributed by atoms with Crippen molar-refractivity contribution in [3.8, 4) is 5.75 Å². The number of rotatable bonds is 7. The molecular weight excluding hydrogens is 529 g/mol. The average Bonchev–Trinajstić information content (AvgIpc) is 3.35. The van der Waals surface area contributed by atoms with Gasteiger partial charge in [0.15, 0.2) is 5.96 Å². The molecule has 1 aliphatic heterocycles. The topological polar surface area (TPSA) is 70.8 Å². The van der Waals surface area contributed by atoms with Gasteiger partial charge >= 0.3 is 0 Å². The van der Waals surface area contributed by atoms with E-state index in [9.17, 15) is 0 Å². The fourth-order valence-electron chi connectivity index (χ4n) is 3.97. The van der Waals surface area contributed by atoms with Crippen LogP contribution in [0.25, 0.3) is 0 Å². The summed E-state index contributed by atoms with van der Waals surface area (Å²) in [6.45, 7) is 7.99. The van der Waals surface area contributed by atoms with Crippen LogP contribution in [0.2, 0.25) is 0 Å². The van der Waals surface area contributed by atoms with Crippen LogP contribution in [0.3, 0.4) is 0 Å². The van der Waals surface area contributed by atoms with Crippen molar-refractivity contribution in [2.45, 2.75) is 20.0 Å². The molecule has 1 aromatic heterocycles. The van der Waals surface area contributed by atoms with Gasteiger partial charge < -0.3 is 19.9 Å².